The molecule has 3 N–H and O–H groups in total. The van der Waals surface area contributed by atoms with Gasteiger partial charge in [-0.1, -0.05) is 6.92 Å². The zero-order valence-corrected chi connectivity index (χ0v) is 10.6. The molecule has 0 radical (unpaired) electrons. The molecule has 0 amide bonds. The van der Waals surface area contributed by atoms with Crippen molar-refractivity contribution in [2.24, 2.45) is 5.84 Å². The summed E-state index contributed by atoms with van der Waals surface area (Å²) in [4.78, 5) is 12.2. The van der Waals surface area contributed by atoms with Crippen LogP contribution in [0.2, 0.25) is 0 Å². The molecule has 1 aromatic rings. The lowest BCUT2D eigenvalue weighted by molar-refractivity contribution is 0.186. The first kappa shape index (κ1) is 12.8. The highest BCUT2D eigenvalue weighted by atomic mass is 16.5. The highest BCUT2D eigenvalue weighted by Gasteiger charge is 2.19. The van der Waals surface area contributed by atoms with Crippen molar-refractivity contribution >= 4 is 5.95 Å². The van der Waals surface area contributed by atoms with Gasteiger partial charge in [0.05, 0.1) is 6.61 Å². The van der Waals surface area contributed by atoms with Crippen molar-refractivity contribution in [3.05, 3.63) is 0 Å². The minimum Gasteiger partial charge on any atom is -0.463 e. The fourth-order valence-electron chi connectivity index (χ4n) is 1.87. The van der Waals surface area contributed by atoms with Gasteiger partial charge >= 0.3 is 12.0 Å². The summed E-state index contributed by atoms with van der Waals surface area (Å²) < 4.78 is 11.1. The van der Waals surface area contributed by atoms with Gasteiger partial charge in [0, 0.05) is 0 Å². The molecular formula is C11H19N5O2. The number of hydrogen-bond donors (Lipinski definition) is 2. The number of hydrazine groups is 1. The molecule has 2 rings (SSSR count). The van der Waals surface area contributed by atoms with Crippen molar-refractivity contribution in [3.63, 3.8) is 0 Å². The second-order valence-electron chi connectivity index (χ2n) is 4.24. The standard InChI is InChI=1S/C11H19N5O2/c1-2-7-17-10-13-9(16-12)14-11(15-10)18-8-5-3-4-6-8/h8H,2-7,12H2,1H3,(H,13,14,15,16). The van der Waals surface area contributed by atoms with Crippen LogP contribution in [0, 0.1) is 0 Å². The molecule has 0 unspecified atom stereocenters. The van der Waals surface area contributed by atoms with E-state index in [1.807, 2.05) is 6.92 Å². The lowest BCUT2D eigenvalue weighted by atomic mass is 10.3. The van der Waals surface area contributed by atoms with Crippen LogP contribution in [0.5, 0.6) is 12.0 Å². The van der Waals surface area contributed by atoms with Crippen LogP contribution in [0.1, 0.15) is 39.0 Å². The van der Waals surface area contributed by atoms with Gasteiger partial charge in [-0.2, -0.15) is 9.97 Å². The molecule has 0 aliphatic heterocycles. The van der Waals surface area contributed by atoms with E-state index < -0.39 is 0 Å². The highest BCUT2D eigenvalue weighted by Crippen LogP contribution is 2.23. The third kappa shape index (κ3) is 3.43. The fourth-order valence-corrected chi connectivity index (χ4v) is 1.87. The summed E-state index contributed by atoms with van der Waals surface area (Å²) in [6.45, 7) is 2.57. The zero-order valence-electron chi connectivity index (χ0n) is 10.6. The molecule has 0 bridgehead atoms. The Hall–Kier alpha value is -1.63. The number of aromatic nitrogens is 3. The minimum absolute atomic E-state index is 0.192. The van der Waals surface area contributed by atoms with E-state index in [1.165, 1.54) is 12.8 Å². The number of nitrogen functional groups attached to an aromatic ring is 1. The van der Waals surface area contributed by atoms with Crippen molar-refractivity contribution < 1.29 is 9.47 Å². The van der Waals surface area contributed by atoms with Gasteiger partial charge in [0.1, 0.15) is 6.10 Å². The number of nitrogens with two attached hydrogens (primary N) is 1. The Bertz CT molecular complexity index is 382. The minimum atomic E-state index is 0.192. The molecule has 1 aromatic heterocycles. The average molecular weight is 253 g/mol. The van der Waals surface area contributed by atoms with Gasteiger partial charge < -0.3 is 9.47 Å². The van der Waals surface area contributed by atoms with Crippen molar-refractivity contribution in [1.82, 2.24) is 15.0 Å². The highest BCUT2D eigenvalue weighted by molar-refractivity contribution is 5.25. The predicted octanol–water partition coefficient (Wildman–Crippen LogP) is 1.27. The normalized spacial score (nSPS) is 15.7. The first-order valence-corrected chi connectivity index (χ1v) is 6.34. The predicted molar refractivity (Wildman–Crippen MR) is 66.3 cm³/mol. The molecule has 7 heteroatoms. The van der Waals surface area contributed by atoms with Crippen LogP contribution >= 0.6 is 0 Å². The Morgan fingerprint density at radius 3 is 2.61 bits per heavy atom. The van der Waals surface area contributed by atoms with Crippen LogP contribution < -0.4 is 20.7 Å². The molecule has 1 aliphatic rings. The monoisotopic (exact) mass is 253 g/mol. The van der Waals surface area contributed by atoms with Crippen molar-refractivity contribution in [3.8, 4) is 12.0 Å². The van der Waals surface area contributed by atoms with E-state index in [9.17, 15) is 0 Å². The molecule has 1 fully saturated rings. The Morgan fingerprint density at radius 2 is 1.94 bits per heavy atom. The van der Waals surface area contributed by atoms with E-state index in [-0.39, 0.29) is 24.1 Å². The molecule has 1 saturated carbocycles. The summed E-state index contributed by atoms with van der Waals surface area (Å²) in [5.41, 5.74) is 2.39. The molecule has 0 aromatic carbocycles. The van der Waals surface area contributed by atoms with Gasteiger partial charge in [-0.3, -0.25) is 5.43 Å². The van der Waals surface area contributed by atoms with E-state index in [1.54, 1.807) is 0 Å². The van der Waals surface area contributed by atoms with E-state index in [4.69, 9.17) is 15.3 Å². The summed E-state index contributed by atoms with van der Waals surface area (Å²) >= 11 is 0. The topological polar surface area (TPSA) is 95.2 Å². The SMILES string of the molecule is CCCOc1nc(NN)nc(OC2CCCC2)n1. The quantitative estimate of drug-likeness (QED) is 0.582. The largest absolute Gasteiger partial charge is 0.463 e. The van der Waals surface area contributed by atoms with Crippen molar-refractivity contribution in [1.29, 1.82) is 0 Å². The van der Waals surface area contributed by atoms with Gasteiger partial charge in [0.15, 0.2) is 0 Å². The number of hydrogen-bond acceptors (Lipinski definition) is 7. The fraction of sp³-hybridized carbons (Fsp3) is 0.727. The van der Waals surface area contributed by atoms with Crippen LogP contribution in [-0.2, 0) is 0 Å². The molecule has 0 spiro atoms. The maximum atomic E-state index is 5.70. The summed E-state index contributed by atoms with van der Waals surface area (Å²) in [6, 6.07) is 0.517. The lowest BCUT2D eigenvalue weighted by Crippen LogP contribution is -2.17. The van der Waals surface area contributed by atoms with Crippen LogP contribution in [0.25, 0.3) is 0 Å². The molecule has 18 heavy (non-hydrogen) atoms. The number of ether oxygens (including phenoxy) is 2. The Balaban J connectivity index is 2.06. The maximum Gasteiger partial charge on any atom is 0.324 e. The van der Waals surface area contributed by atoms with Crippen molar-refractivity contribution in [2.75, 3.05) is 12.0 Å². The van der Waals surface area contributed by atoms with Crippen LogP contribution in [0.3, 0.4) is 0 Å². The number of rotatable bonds is 6. The van der Waals surface area contributed by atoms with Gasteiger partial charge in [-0.05, 0) is 32.1 Å². The second kappa shape index (κ2) is 6.34. The Kier molecular flexibility index (Phi) is 4.52. The van der Waals surface area contributed by atoms with Crippen LogP contribution in [0.15, 0.2) is 0 Å². The van der Waals surface area contributed by atoms with Gasteiger partial charge in [0.2, 0.25) is 5.95 Å². The third-order valence-electron chi connectivity index (χ3n) is 2.73. The van der Waals surface area contributed by atoms with Gasteiger partial charge in [0.25, 0.3) is 0 Å². The van der Waals surface area contributed by atoms with E-state index >= 15 is 0 Å². The van der Waals surface area contributed by atoms with Crippen LogP contribution in [0.4, 0.5) is 5.95 Å². The molecule has 0 saturated heterocycles. The van der Waals surface area contributed by atoms with E-state index in [0.717, 1.165) is 19.3 Å². The summed E-state index contributed by atoms with van der Waals surface area (Å²) in [7, 11) is 0. The molecule has 1 heterocycles. The van der Waals surface area contributed by atoms with Crippen LogP contribution in [-0.4, -0.2) is 27.7 Å². The Labute approximate surface area is 106 Å². The second-order valence-corrected chi connectivity index (χ2v) is 4.24. The number of nitrogens with one attached hydrogen (secondary N) is 1. The van der Waals surface area contributed by atoms with Crippen molar-refractivity contribution in [2.45, 2.75) is 45.1 Å². The van der Waals surface area contributed by atoms with E-state index in [2.05, 4.69) is 20.4 Å². The summed E-state index contributed by atoms with van der Waals surface area (Å²) in [5.74, 6) is 5.56. The number of anilines is 1. The molecule has 1 aliphatic carbocycles. The molecule has 0 atom stereocenters. The summed E-state index contributed by atoms with van der Waals surface area (Å²) in [5, 5.41) is 0. The third-order valence-corrected chi connectivity index (χ3v) is 2.73. The molecule has 100 valence electrons. The molecular weight excluding hydrogens is 234 g/mol. The average Bonchev–Trinajstić information content (AvgIpc) is 2.89. The zero-order chi connectivity index (χ0) is 12.8. The first-order valence-electron chi connectivity index (χ1n) is 6.34. The lowest BCUT2D eigenvalue weighted by Gasteiger charge is -2.12. The summed E-state index contributed by atoms with van der Waals surface area (Å²) in [6.07, 6.45) is 5.55. The van der Waals surface area contributed by atoms with Gasteiger partial charge in [-0.25, -0.2) is 5.84 Å². The van der Waals surface area contributed by atoms with Gasteiger partial charge in [-0.15, -0.1) is 4.98 Å². The molecule has 7 nitrogen and oxygen atoms in total. The number of nitrogens with zero attached hydrogens (tertiary/aromatic N) is 3. The van der Waals surface area contributed by atoms with E-state index in [0.29, 0.717) is 6.61 Å². The maximum absolute atomic E-state index is 5.70. The first-order chi connectivity index (χ1) is 8.81. The Morgan fingerprint density at radius 1 is 1.22 bits per heavy atom. The smallest absolute Gasteiger partial charge is 0.324 e.